The van der Waals surface area contributed by atoms with E-state index in [2.05, 4.69) is 10.1 Å². The highest BCUT2D eigenvalue weighted by Gasteiger charge is 2.19. The molecule has 3 aromatic rings. The molecule has 3 rings (SSSR count). The third kappa shape index (κ3) is 2.87. The highest BCUT2D eigenvalue weighted by Crippen LogP contribution is 2.32. The van der Waals surface area contributed by atoms with Crippen LogP contribution >= 0.6 is 0 Å². The maximum Gasteiger partial charge on any atom is 0.268 e. The maximum absolute atomic E-state index is 12.1. The summed E-state index contributed by atoms with van der Waals surface area (Å²) < 4.78 is 7.09. The quantitative estimate of drug-likeness (QED) is 0.737. The summed E-state index contributed by atoms with van der Waals surface area (Å²) in [6.45, 7) is 0.423. The van der Waals surface area contributed by atoms with Gasteiger partial charge in [0.25, 0.3) is 5.56 Å². The number of rotatable bonds is 4. The van der Waals surface area contributed by atoms with E-state index in [4.69, 9.17) is 10.5 Å². The number of aromatic nitrogens is 3. The summed E-state index contributed by atoms with van der Waals surface area (Å²) in [5.41, 5.74) is 6.54. The first-order valence-corrected chi connectivity index (χ1v) is 7.59. The van der Waals surface area contributed by atoms with E-state index in [9.17, 15) is 15.3 Å². The molecular formula is C18H14N6O2. The Labute approximate surface area is 148 Å². The second-order valence-electron chi connectivity index (χ2n) is 5.45. The summed E-state index contributed by atoms with van der Waals surface area (Å²) in [6.07, 6.45) is 3.47. The highest BCUT2D eigenvalue weighted by atomic mass is 16.5. The van der Waals surface area contributed by atoms with Gasteiger partial charge in [0.2, 0.25) is 0 Å². The van der Waals surface area contributed by atoms with E-state index in [1.165, 1.54) is 0 Å². The SMILES string of the molecule is COc1ccc(-c2c(C#N)c(N)[nH]c(=O)c2C#N)cc1Cn1cccn1. The Balaban J connectivity index is 2.24. The Morgan fingerprint density at radius 3 is 2.69 bits per heavy atom. The Hall–Kier alpha value is -4.04. The molecule has 0 atom stereocenters. The number of nitrogen functional groups attached to an aromatic ring is 1. The summed E-state index contributed by atoms with van der Waals surface area (Å²) in [5, 5.41) is 23.0. The first kappa shape index (κ1) is 16.8. The maximum atomic E-state index is 12.1. The normalized spacial score (nSPS) is 10.1. The number of anilines is 1. The van der Waals surface area contributed by atoms with Crippen LogP contribution in [0.15, 0.2) is 41.5 Å². The predicted octanol–water partition coefficient (Wildman–Crippen LogP) is 1.62. The molecule has 8 heteroatoms. The fourth-order valence-electron chi connectivity index (χ4n) is 2.76. The van der Waals surface area contributed by atoms with Crippen LogP contribution < -0.4 is 16.0 Å². The number of pyridine rings is 1. The van der Waals surface area contributed by atoms with Gasteiger partial charge in [-0.15, -0.1) is 0 Å². The Morgan fingerprint density at radius 1 is 1.31 bits per heavy atom. The van der Waals surface area contributed by atoms with Crippen molar-refractivity contribution < 1.29 is 4.74 Å². The molecule has 26 heavy (non-hydrogen) atoms. The van der Waals surface area contributed by atoms with Crippen LogP contribution in [0.1, 0.15) is 16.7 Å². The van der Waals surface area contributed by atoms with E-state index in [-0.39, 0.29) is 22.5 Å². The zero-order valence-corrected chi connectivity index (χ0v) is 13.9. The molecule has 0 fully saturated rings. The minimum atomic E-state index is -0.636. The van der Waals surface area contributed by atoms with Crippen LogP contribution in [0.2, 0.25) is 0 Å². The van der Waals surface area contributed by atoms with Crippen molar-refractivity contribution in [3.63, 3.8) is 0 Å². The zero-order chi connectivity index (χ0) is 18.7. The Bertz CT molecular complexity index is 1100. The number of nitrogens with one attached hydrogen (secondary N) is 1. The fraction of sp³-hybridized carbons (Fsp3) is 0.111. The standard InChI is InChI=1S/C18H14N6O2/c1-26-15-4-3-11(7-12(15)10-24-6-2-5-22-24)16-13(8-19)17(21)23-18(25)14(16)9-20/h2-7H,10H2,1H3,(H3,21,23,25). The van der Waals surface area contributed by atoms with Crippen LogP contribution in [0.4, 0.5) is 5.82 Å². The van der Waals surface area contributed by atoms with Crippen molar-refractivity contribution in [1.82, 2.24) is 14.8 Å². The molecule has 0 saturated heterocycles. The molecule has 1 aromatic carbocycles. The van der Waals surface area contributed by atoms with E-state index >= 15 is 0 Å². The number of ether oxygens (including phenoxy) is 1. The van der Waals surface area contributed by atoms with Crippen molar-refractivity contribution in [1.29, 1.82) is 10.5 Å². The van der Waals surface area contributed by atoms with Crippen molar-refractivity contribution in [3.8, 4) is 29.0 Å². The molecular weight excluding hydrogens is 332 g/mol. The molecule has 0 aliphatic carbocycles. The average molecular weight is 346 g/mol. The van der Waals surface area contributed by atoms with Gasteiger partial charge >= 0.3 is 0 Å². The zero-order valence-electron chi connectivity index (χ0n) is 13.9. The molecule has 0 aliphatic rings. The summed E-state index contributed by atoms with van der Waals surface area (Å²) in [6, 6.07) is 10.8. The number of benzene rings is 1. The molecule has 0 bridgehead atoms. The fourth-order valence-corrected chi connectivity index (χ4v) is 2.76. The molecule has 128 valence electrons. The molecule has 2 aromatic heterocycles. The largest absolute Gasteiger partial charge is 0.496 e. The number of aromatic amines is 1. The second kappa shape index (κ2) is 6.83. The highest BCUT2D eigenvalue weighted by molar-refractivity contribution is 5.80. The van der Waals surface area contributed by atoms with Crippen molar-refractivity contribution in [3.05, 3.63) is 63.7 Å². The summed E-state index contributed by atoms with van der Waals surface area (Å²) in [5.74, 6) is 0.551. The van der Waals surface area contributed by atoms with Crippen LogP contribution in [-0.2, 0) is 6.54 Å². The van der Waals surface area contributed by atoms with Crippen molar-refractivity contribution in [2.75, 3.05) is 12.8 Å². The van der Waals surface area contributed by atoms with E-state index in [0.717, 1.165) is 5.56 Å². The van der Waals surface area contributed by atoms with Gasteiger partial charge in [0, 0.05) is 23.5 Å². The van der Waals surface area contributed by atoms with E-state index in [1.54, 1.807) is 48.5 Å². The Morgan fingerprint density at radius 2 is 2.08 bits per heavy atom. The van der Waals surface area contributed by atoms with Gasteiger partial charge < -0.3 is 15.5 Å². The van der Waals surface area contributed by atoms with E-state index < -0.39 is 5.56 Å². The number of hydrogen-bond acceptors (Lipinski definition) is 6. The number of nitrogens with zero attached hydrogens (tertiary/aromatic N) is 4. The van der Waals surface area contributed by atoms with E-state index in [0.29, 0.717) is 17.9 Å². The molecule has 0 amide bonds. The lowest BCUT2D eigenvalue weighted by Gasteiger charge is -2.13. The topological polar surface area (TPSA) is 134 Å². The molecule has 8 nitrogen and oxygen atoms in total. The van der Waals surface area contributed by atoms with Gasteiger partial charge in [0.1, 0.15) is 34.8 Å². The van der Waals surface area contributed by atoms with Gasteiger partial charge in [0.05, 0.1) is 13.7 Å². The number of H-pyrrole nitrogens is 1. The van der Waals surface area contributed by atoms with Gasteiger partial charge in [-0.05, 0) is 23.8 Å². The minimum absolute atomic E-state index is 0.0522. The van der Waals surface area contributed by atoms with Gasteiger partial charge in [-0.1, -0.05) is 6.07 Å². The number of nitrogens with two attached hydrogens (primary N) is 1. The molecule has 0 aliphatic heterocycles. The summed E-state index contributed by atoms with van der Waals surface area (Å²) >= 11 is 0. The van der Waals surface area contributed by atoms with Gasteiger partial charge in [-0.25, -0.2) is 0 Å². The first-order valence-electron chi connectivity index (χ1n) is 7.59. The first-order chi connectivity index (χ1) is 12.6. The smallest absolute Gasteiger partial charge is 0.268 e. The predicted molar refractivity (Wildman–Crippen MR) is 94.2 cm³/mol. The van der Waals surface area contributed by atoms with Crippen molar-refractivity contribution >= 4 is 5.82 Å². The van der Waals surface area contributed by atoms with E-state index in [1.807, 2.05) is 12.1 Å². The summed E-state index contributed by atoms with van der Waals surface area (Å²) in [7, 11) is 1.55. The third-order valence-corrected chi connectivity index (χ3v) is 3.93. The van der Waals surface area contributed by atoms with Crippen LogP contribution in [0.3, 0.4) is 0 Å². The van der Waals surface area contributed by atoms with Crippen LogP contribution in [0, 0.1) is 22.7 Å². The molecule has 3 N–H and O–H groups in total. The number of methoxy groups -OCH3 is 1. The average Bonchev–Trinajstić information content (AvgIpc) is 3.14. The molecule has 0 spiro atoms. The molecule has 2 heterocycles. The van der Waals surface area contributed by atoms with Gasteiger partial charge in [-0.3, -0.25) is 9.48 Å². The van der Waals surface area contributed by atoms with Crippen molar-refractivity contribution in [2.24, 2.45) is 0 Å². The Kier molecular flexibility index (Phi) is 4.42. The lowest BCUT2D eigenvalue weighted by Crippen LogP contribution is -2.16. The van der Waals surface area contributed by atoms with Crippen LogP contribution in [0.25, 0.3) is 11.1 Å². The number of hydrogen-bond donors (Lipinski definition) is 2. The number of nitriles is 2. The van der Waals surface area contributed by atoms with Crippen LogP contribution in [0.5, 0.6) is 5.75 Å². The molecule has 0 saturated carbocycles. The minimum Gasteiger partial charge on any atom is -0.496 e. The van der Waals surface area contributed by atoms with Gasteiger partial charge in [0.15, 0.2) is 0 Å². The third-order valence-electron chi connectivity index (χ3n) is 3.93. The van der Waals surface area contributed by atoms with Crippen molar-refractivity contribution in [2.45, 2.75) is 6.54 Å². The lowest BCUT2D eigenvalue weighted by molar-refractivity contribution is 0.407. The van der Waals surface area contributed by atoms with Gasteiger partial charge in [-0.2, -0.15) is 15.6 Å². The second-order valence-corrected chi connectivity index (χ2v) is 5.45. The molecule has 0 unspecified atom stereocenters. The lowest BCUT2D eigenvalue weighted by atomic mass is 9.95. The monoisotopic (exact) mass is 346 g/mol. The summed E-state index contributed by atoms with van der Waals surface area (Å²) in [4.78, 5) is 14.4. The van der Waals surface area contributed by atoms with Crippen LogP contribution in [-0.4, -0.2) is 21.9 Å². The molecule has 0 radical (unpaired) electrons.